The van der Waals surface area contributed by atoms with E-state index in [-0.39, 0.29) is 5.82 Å². The van der Waals surface area contributed by atoms with Gasteiger partial charge in [-0.05, 0) is 37.8 Å². The summed E-state index contributed by atoms with van der Waals surface area (Å²) in [6.45, 7) is 9.98. The molecular weight excluding hydrogens is 373 g/mol. The third-order valence-corrected chi connectivity index (χ3v) is 5.88. The summed E-state index contributed by atoms with van der Waals surface area (Å²) in [5.41, 5.74) is 2.36. The standard InChI is InChI=1S/C21H26FN5S/c1-15(8-9-24-16(2)23-3)20-19(17-6-5-7-18(22)14-17)25-21(28-20)27-12-10-26(4)11-13-27/h5-9,14H,1,10-13H2,2-4H3,(H,23,24)/b9-8-. The van der Waals surface area contributed by atoms with Crippen molar-refractivity contribution in [2.45, 2.75) is 6.92 Å². The highest BCUT2D eigenvalue weighted by Crippen LogP contribution is 2.38. The summed E-state index contributed by atoms with van der Waals surface area (Å²) >= 11 is 1.61. The Bertz CT molecular complexity index is 894. The first-order valence-corrected chi connectivity index (χ1v) is 10.1. The van der Waals surface area contributed by atoms with Crippen LogP contribution in [0, 0.1) is 5.82 Å². The zero-order chi connectivity index (χ0) is 20.1. The molecule has 0 radical (unpaired) electrons. The van der Waals surface area contributed by atoms with Gasteiger partial charge < -0.3 is 15.1 Å². The van der Waals surface area contributed by atoms with Crippen LogP contribution in [-0.4, -0.2) is 56.0 Å². The molecule has 0 amide bonds. The molecule has 0 saturated carbocycles. The van der Waals surface area contributed by atoms with Gasteiger partial charge in [-0.25, -0.2) is 9.37 Å². The Kier molecular flexibility index (Phi) is 6.59. The quantitative estimate of drug-likeness (QED) is 0.471. The van der Waals surface area contributed by atoms with E-state index < -0.39 is 0 Å². The van der Waals surface area contributed by atoms with E-state index in [1.165, 1.54) is 12.1 Å². The molecule has 3 rings (SSSR count). The van der Waals surface area contributed by atoms with Gasteiger partial charge in [0, 0.05) is 45.0 Å². The molecular formula is C21H26FN5S. The van der Waals surface area contributed by atoms with Gasteiger partial charge in [0.2, 0.25) is 0 Å². The average Bonchev–Trinajstić information content (AvgIpc) is 3.14. The molecule has 0 aliphatic carbocycles. The van der Waals surface area contributed by atoms with Gasteiger partial charge in [0.25, 0.3) is 0 Å². The Balaban J connectivity index is 1.93. The van der Waals surface area contributed by atoms with Gasteiger partial charge in [-0.1, -0.05) is 30.0 Å². The summed E-state index contributed by atoms with van der Waals surface area (Å²) in [5.74, 6) is 0.548. The predicted octanol–water partition coefficient (Wildman–Crippen LogP) is 3.87. The maximum atomic E-state index is 13.8. The molecule has 1 N–H and O–H groups in total. The maximum Gasteiger partial charge on any atom is 0.186 e. The highest BCUT2D eigenvalue weighted by molar-refractivity contribution is 7.17. The highest BCUT2D eigenvalue weighted by Gasteiger charge is 2.21. The first-order valence-electron chi connectivity index (χ1n) is 9.24. The molecule has 0 spiro atoms. The molecule has 0 bridgehead atoms. The number of aliphatic imine (C=N–C) groups is 1. The number of amidine groups is 1. The van der Waals surface area contributed by atoms with E-state index >= 15 is 0 Å². The molecule has 7 heteroatoms. The van der Waals surface area contributed by atoms with Gasteiger partial charge in [-0.15, -0.1) is 0 Å². The minimum absolute atomic E-state index is 0.268. The zero-order valence-electron chi connectivity index (χ0n) is 16.6. The SMILES string of the molecule is C=C(/C=C\NC(C)=NC)c1sc(N2CCN(C)CC2)nc1-c1cccc(F)c1. The van der Waals surface area contributed by atoms with E-state index in [0.717, 1.165) is 58.9 Å². The van der Waals surface area contributed by atoms with Crippen molar-refractivity contribution < 1.29 is 4.39 Å². The fourth-order valence-electron chi connectivity index (χ4n) is 2.89. The topological polar surface area (TPSA) is 43.8 Å². The van der Waals surface area contributed by atoms with Crippen molar-refractivity contribution in [2.24, 2.45) is 4.99 Å². The number of piperazine rings is 1. The summed E-state index contributed by atoms with van der Waals surface area (Å²) < 4.78 is 13.8. The maximum absolute atomic E-state index is 13.8. The molecule has 1 aliphatic rings. The summed E-state index contributed by atoms with van der Waals surface area (Å²) in [6.07, 6.45) is 3.72. The number of rotatable bonds is 5. The number of thiazole rings is 1. The van der Waals surface area contributed by atoms with Crippen LogP contribution >= 0.6 is 11.3 Å². The van der Waals surface area contributed by atoms with E-state index in [1.54, 1.807) is 24.5 Å². The largest absolute Gasteiger partial charge is 0.351 e. The normalized spacial score (nSPS) is 16.0. The van der Waals surface area contributed by atoms with Crippen LogP contribution in [0.25, 0.3) is 16.8 Å². The predicted molar refractivity (Wildman–Crippen MR) is 118 cm³/mol. The van der Waals surface area contributed by atoms with E-state index in [2.05, 4.69) is 33.7 Å². The third kappa shape index (κ3) is 4.85. The molecule has 1 aromatic carbocycles. The molecule has 148 valence electrons. The van der Waals surface area contributed by atoms with Crippen molar-refractivity contribution in [2.75, 3.05) is 45.2 Å². The van der Waals surface area contributed by atoms with Gasteiger partial charge >= 0.3 is 0 Å². The lowest BCUT2D eigenvalue weighted by atomic mass is 10.1. The van der Waals surface area contributed by atoms with Crippen LogP contribution in [-0.2, 0) is 0 Å². The monoisotopic (exact) mass is 399 g/mol. The number of likely N-dealkylation sites (N-methyl/N-ethyl adjacent to an activating group) is 1. The molecule has 1 aromatic heterocycles. The second-order valence-electron chi connectivity index (χ2n) is 6.79. The van der Waals surface area contributed by atoms with Crippen LogP contribution in [0.15, 0.2) is 48.1 Å². The Morgan fingerprint density at radius 3 is 2.75 bits per heavy atom. The van der Waals surface area contributed by atoms with Crippen molar-refractivity contribution in [3.8, 4) is 11.3 Å². The highest BCUT2D eigenvalue weighted by atomic mass is 32.1. The summed E-state index contributed by atoms with van der Waals surface area (Å²) in [6, 6.07) is 6.57. The van der Waals surface area contributed by atoms with Crippen LogP contribution in [0.3, 0.4) is 0 Å². The minimum Gasteiger partial charge on any atom is -0.351 e. The van der Waals surface area contributed by atoms with Gasteiger partial charge in [0.1, 0.15) is 5.82 Å². The average molecular weight is 400 g/mol. The fraction of sp³-hybridized carbons (Fsp3) is 0.333. The minimum atomic E-state index is -0.268. The molecule has 1 saturated heterocycles. The van der Waals surface area contributed by atoms with Crippen LogP contribution in [0.5, 0.6) is 0 Å². The second-order valence-corrected chi connectivity index (χ2v) is 7.76. The molecule has 1 fully saturated rings. The summed E-state index contributed by atoms with van der Waals surface area (Å²) in [5, 5.41) is 4.05. The smallest absolute Gasteiger partial charge is 0.186 e. The van der Waals surface area contributed by atoms with Crippen molar-refractivity contribution in [1.29, 1.82) is 0 Å². The third-order valence-electron chi connectivity index (χ3n) is 4.69. The van der Waals surface area contributed by atoms with Crippen LogP contribution in [0.1, 0.15) is 11.8 Å². The lowest BCUT2D eigenvalue weighted by Gasteiger charge is -2.32. The molecule has 0 unspecified atom stereocenters. The molecule has 28 heavy (non-hydrogen) atoms. The number of hydrogen-bond donors (Lipinski definition) is 1. The van der Waals surface area contributed by atoms with Crippen molar-refractivity contribution >= 4 is 27.9 Å². The van der Waals surface area contributed by atoms with Gasteiger partial charge in [0.15, 0.2) is 5.13 Å². The number of halogens is 1. The van der Waals surface area contributed by atoms with Crippen LogP contribution in [0.2, 0.25) is 0 Å². The Morgan fingerprint density at radius 2 is 2.07 bits per heavy atom. The van der Waals surface area contributed by atoms with Gasteiger partial charge in [0.05, 0.1) is 16.4 Å². The van der Waals surface area contributed by atoms with Crippen molar-refractivity contribution in [3.63, 3.8) is 0 Å². The van der Waals surface area contributed by atoms with E-state index in [9.17, 15) is 4.39 Å². The molecule has 1 aliphatic heterocycles. The summed E-state index contributed by atoms with van der Waals surface area (Å²) in [4.78, 5) is 14.5. The first-order chi connectivity index (χ1) is 13.5. The number of aromatic nitrogens is 1. The van der Waals surface area contributed by atoms with Crippen LogP contribution < -0.4 is 10.2 Å². The molecule has 2 heterocycles. The lowest BCUT2D eigenvalue weighted by Crippen LogP contribution is -2.44. The number of benzene rings is 1. The van der Waals surface area contributed by atoms with Crippen molar-refractivity contribution in [1.82, 2.24) is 15.2 Å². The van der Waals surface area contributed by atoms with Crippen molar-refractivity contribution in [3.05, 3.63) is 53.8 Å². The van der Waals surface area contributed by atoms with Gasteiger partial charge in [-0.2, -0.15) is 0 Å². The summed E-state index contributed by atoms with van der Waals surface area (Å²) in [7, 11) is 3.86. The molecule has 5 nitrogen and oxygen atoms in total. The number of nitrogens with zero attached hydrogens (tertiary/aromatic N) is 4. The number of allylic oxidation sites excluding steroid dienone is 2. The van der Waals surface area contributed by atoms with Crippen LogP contribution in [0.4, 0.5) is 9.52 Å². The lowest BCUT2D eigenvalue weighted by molar-refractivity contribution is 0.313. The Labute approximate surface area is 169 Å². The van der Waals surface area contributed by atoms with E-state index in [1.807, 2.05) is 25.3 Å². The molecule has 0 atom stereocenters. The second kappa shape index (κ2) is 9.12. The Morgan fingerprint density at radius 1 is 1.32 bits per heavy atom. The van der Waals surface area contributed by atoms with E-state index in [0.29, 0.717) is 0 Å². The Hall–Kier alpha value is -2.51. The number of anilines is 1. The van der Waals surface area contributed by atoms with Gasteiger partial charge in [-0.3, -0.25) is 4.99 Å². The molecule has 2 aromatic rings. The number of hydrogen-bond acceptors (Lipinski definition) is 5. The van der Waals surface area contributed by atoms with E-state index in [4.69, 9.17) is 4.98 Å². The zero-order valence-corrected chi connectivity index (χ0v) is 17.4. The first kappa shape index (κ1) is 20.2. The fourth-order valence-corrected chi connectivity index (χ4v) is 3.98. The number of nitrogens with one attached hydrogen (secondary N) is 1.